The maximum absolute atomic E-state index is 12.6. The smallest absolute Gasteiger partial charge is 0.355 e. The number of anilines is 1. The molecule has 160 valence electrons. The molecule has 0 bridgehead atoms. The monoisotopic (exact) mass is 446 g/mol. The summed E-state index contributed by atoms with van der Waals surface area (Å²) in [5.74, 6) is -0.640. The molecule has 0 spiro atoms. The van der Waals surface area contributed by atoms with E-state index in [0.717, 1.165) is 35.1 Å². The third-order valence-corrected chi connectivity index (χ3v) is 6.00. The molecule has 2 N–H and O–H groups in total. The predicted octanol–water partition coefficient (Wildman–Crippen LogP) is 3.82. The molecule has 0 saturated heterocycles. The van der Waals surface area contributed by atoms with Crippen molar-refractivity contribution in [3.8, 4) is 22.5 Å². The Morgan fingerprint density at radius 1 is 1.09 bits per heavy atom. The Kier molecular flexibility index (Phi) is 5.20. The van der Waals surface area contributed by atoms with Gasteiger partial charge < -0.3 is 10.4 Å². The van der Waals surface area contributed by atoms with Gasteiger partial charge >= 0.3 is 5.97 Å². The Morgan fingerprint density at radius 2 is 1.84 bits per heavy atom. The molecule has 0 aliphatic heterocycles. The Morgan fingerprint density at radius 3 is 2.53 bits per heavy atom. The number of hydrogen-bond acceptors (Lipinski definition) is 8. The van der Waals surface area contributed by atoms with Gasteiger partial charge in [-0.25, -0.2) is 9.78 Å². The third-order valence-electron chi connectivity index (χ3n) is 5.20. The SMILES string of the molecule is O=C(O)c1csc(NCc2ccc(-c3ccccc3-c3nnnn3C(=O)C3CC3)cc2)n1. The first-order chi connectivity index (χ1) is 15.6. The molecule has 5 rings (SSSR count). The van der Waals surface area contributed by atoms with Crippen molar-refractivity contribution in [2.24, 2.45) is 5.92 Å². The number of carboxylic acid groups (broad SMARTS) is 1. The minimum atomic E-state index is -1.04. The van der Waals surface area contributed by atoms with Crippen LogP contribution in [-0.4, -0.2) is 42.2 Å². The van der Waals surface area contributed by atoms with Gasteiger partial charge in [0.2, 0.25) is 0 Å². The summed E-state index contributed by atoms with van der Waals surface area (Å²) in [4.78, 5) is 27.5. The summed E-state index contributed by atoms with van der Waals surface area (Å²) in [5.41, 5.74) is 3.75. The molecule has 0 atom stereocenters. The van der Waals surface area contributed by atoms with E-state index in [0.29, 0.717) is 17.5 Å². The molecule has 1 saturated carbocycles. The summed E-state index contributed by atoms with van der Waals surface area (Å²) in [6.45, 7) is 0.517. The van der Waals surface area contributed by atoms with Gasteiger partial charge in [-0.15, -0.1) is 16.4 Å². The fraction of sp³-hybridized carbons (Fsp3) is 0.182. The van der Waals surface area contributed by atoms with Crippen molar-refractivity contribution in [2.75, 3.05) is 5.32 Å². The maximum atomic E-state index is 12.6. The molecule has 32 heavy (non-hydrogen) atoms. The van der Waals surface area contributed by atoms with E-state index in [2.05, 4.69) is 25.8 Å². The quantitative estimate of drug-likeness (QED) is 0.411. The van der Waals surface area contributed by atoms with Gasteiger partial charge in [0.25, 0.3) is 5.91 Å². The maximum Gasteiger partial charge on any atom is 0.355 e. The minimum absolute atomic E-state index is 0.0145. The van der Waals surface area contributed by atoms with Crippen molar-refractivity contribution < 1.29 is 14.7 Å². The summed E-state index contributed by atoms with van der Waals surface area (Å²) in [5, 5.41) is 26.0. The van der Waals surface area contributed by atoms with E-state index < -0.39 is 5.97 Å². The molecule has 2 aromatic carbocycles. The van der Waals surface area contributed by atoms with Crippen molar-refractivity contribution in [1.29, 1.82) is 0 Å². The summed E-state index contributed by atoms with van der Waals surface area (Å²) >= 11 is 1.26. The minimum Gasteiger partial charge on any atom is -0.476 e. The van der Waals surface area contributed by atoms with E-state index in [1.54, 1.807) is 0 Å². The molecule has 2 aromatic heterocycles. The second-order valence-electron chi connectivity index (χ2n) is 7.47. The first-order valence-corrected chi connectivity index (χ1v) is 10.9. The number of rotatable bonds is 7. The molecule has 1 fully saturated rings. The van der Waals surface area contributed by atoms with Crippen LogP contribution in [0.15, 0.2) is 53.9 Å². The van der Waals surface area contributed by atoms with Crippen LogP contribution >= 0.6 is 11.3 Å². The van der Waals surface area contributed by atoms with Gasteiger partial charge in [-0.1, -0.05) is 48.5 Å². The highest BCUT2D eigenvalue weighted by atomic mass is 32.1. The van der Waals surface area contributed by atoms with Gasteiger partial charge in [-0.3, -0.25) is 4.79 Å². The molecular formula is C22H18N6O3S. The summed E-state index contributed by atoms with van der Waals surface area (Å²) in [7, 11) is 0. The number of carbonyl (C=O) groups is 2. The standard InChI is InChI=1S/C22H18N6O3S/c29-20(15-9-10-15)28-19(25-26-27-28)17-4-2-1-3-16(17)14-7-5-13(6-8-14)11-23-22-24-18(12-32-22)21(30)31/h1-8,12,15H,9-11H2,(H,23,24)(H,30,31). The summed E-state index contributed by atoms with van der Waals surface area (Å²) < 4.78 is 1.31. The Labute approximate surface area is 186 Å². The van der Waals surface area contributed by atoms with E-state index in [-0.39, 0.29) is 17.5 Å². The number of aromatic nitrogens is 5. The van der Waals surface area contributed by atoms with Crippen molar-refractivity contribution in [3.63, 3.8) is 0 Å². The number of tetrazole rings is 1. The molecule has 10 heteroatoms. The zero-order valence-corrected chi connectivity index (χ0v) is 17.6. The Bertz CT molecular complexity index is 1290. The van der Waals surface area contributed by atoms with Crippen molar-refractivity contribution in [1.82, 2.24) is 25.2 Å². The largest absolute Gasteiger partial charge is 0.476 e. The summed E-state index contributed by atoms with van der Waals surface area (Å²) in [6.07, 6.45) is 1.77. The molecular weight excluding hydrogens is 428 g/mol. The fourth-order valence-corrected chi connectivity index (χ4v) is 4.05. The van der Waals surface area contributed by atoms with Crippen LogP contribution in [0.25, 0.3) is 22.5 Å². The molecule has 9 nitrogen and oxygen atoms in total. The van der Waals surface area contributed by atoms with Crippen LogP contribution in [0.2, 0.25) is 0 Å². The normalized spacial score (nSPS) is 13.1. The van der Waals surface area contributed by atoms with E-state index in [9.17, 15) is 9.59 Å². The number of carboxylic acids is 1. The van der Waals surface area contributed by atoms with Crippen molar-refractivity contribution in [3.05, 3.63) is 65.2 Å². The number of benzene rings is 2. The molecule has 0 amide bonds. The number of aromatic carboxylic acids is 1. The van der Waals surface area contributed by atoms with Gasteiger partial charge in [0.05, 0.1) is 0 Å². The lowest BCUT2D eigenvalue weighted by molar-refractivity contribution is 0.0691. The molecule has 1 aliphatic rings. The lowest BCUT2D eigenvalue weighted by Crippen LogP contribution is -2.16. The van der Waals surface area contributed by atoms with Crippen LogP contribution in [0.1, 0.15) is 33.7 Å². The first kappa shape index (κ1) is 20.0. The van der Waals surface area contributed by atoms with Crippen LogP contribution < -0.4 is 5.32 Å². The fourth-order valence-electron chi connectivity index (χ4n) is 3.37. The van der Waals surface area contributed by atoms with Crippen LogP contribution in [-0.2, 0) is 6.54 Å². The third kappa shape index (κ3) is 4.00. The van der Waals surface area contributed by atoms with Crippen LogP contribution in [0.5, 0.6) is 0 Å². The molecule has 1 aliphatic carbocycles. The van der Waals surface area contributed by atoms with Gasteiger partial charge in [-0.2, -0.15) is 4.68 Å². The lowest BCUT2D eigenvalue weighted by Gasteiger charge is -2.10. The van der Waals surface area contributed by atoms with Crippen LogP contribution in [0, 0.1) is 5.92 Å². The van der Waals surface area contributed by atoms with E-state index in [1.165, 1.54) is 21.4 Å². The average molecular weight is 446 g/mol. The van der Waals surface area contributed by atoms with Gasteiger partial charge in [0.15, 0.2) is 16.6 Å². The molecule has 0 unspecified atom stereocenters. The number of hydrogen-bond donors (Lipinski definition) is 2. The Hall–Kier alpha value is -3.92. The molecule has 4 aromatic rings. The van der Waals surface area contributed by atoms with Crippen molar-refractivity contribution >= 4 is 28.3 Å². The summed E-state index contributed by atoms with van der Waals surface area (Å²) in [6, 6.07) is 15.7. The van der Waals surface area contributed by atoms with E-state index in [4.69, 9.17) is 5.11 Å². The predicted molar refractivity (Wildman–Crippen MR) is 118 cm³/mol. The molecule has 0 radical (unpaired) electrons. The van der Waals surface area contributed by atoms with E-state index >= 15 is 0 Å². The average Bonchev–Trinajstić information content (AvgIpc) is 3.35. The number of nitrogens with one attached hydrogen (secondary N) is 1. The van der Waals surface area contributed by atoms with Gasteiger partial charge in [0.1, 0.15) is 0 Å². The van der Waals surface area contributed by atoms with Crippen LogP contribution in [0.4, 0.5) is 5.13 Å². The van der Waals surface area contributed by atoms with E-state index in [1.807, 2.05) is 48.5 Å². The second-order valence-corrected chi connectivity index (χ2v) is 8.32. The highest BCUT2D eigenvalue weighted by molar-refractivity contribution is 7.13. The van der Waals surface area contributed by atoms with Gasteiger partial charge in [-0.05, 0) is 40.0 Å². The number of nitrogens with zero attached hydrogens (tertiary/aromatic N) is 5. The van der Waals surface area contributed by atoms with Crippen molar-refractivity contribution in [2.45, 2.75) is 19.4 Å². The zero-order valence-electron chi connectivity index (χ0n) is 16.8. The topological polar surface area (TPSA) is 123 Å². The first-order valence-electron chi connectivity index (χ1n) is 10.0. The van der Waals surface area contributed by atoms with Gasteiger partial charge in [0, 0.05) is 23.4 Å². The zero-order chi connectivity index (χ0) is 22.1. The highest BCUT2D eigenvalue weighted by Gasteiger charge is 2.33. The lowest BCUT2D eigenvalue weighted by atomic mass is 9.98. The van der Waals surface area contributed by atoms with Crippen LogP contribution in [0.3, 0.4) is 0 Å². The highest BCUT2D eigenvalue weighted by Crippen LogP contribution is 2.34. The second kappa shape index (κ2) is 8.31. The number of carbonyl (C=O) groups excluding carboxylic acids is 1. The molecule has 2 heterocycles. The number of thiazole rings is 1. The Balaban J connectivity index is 1.36.